The largest absolute Gasteiger partial charge is 0.495 e. The second-order valence-electron chi connectivity index (χ2n) is 21.1. The van der Waals surface area contributed by atoms with Crippen LogP contribution in [0.4, 0.5) is 11.4 Å². The van der Waals surface area contributed by atoms with E-state index in [1.54, 1.807) is 14.0 Å². The minimum Gasteiger partial charge on any atom is -0.495 e. The number of allylic oxidation sites excluding steroid dienone is 1. The van der Waals surface area contributed by atoms with Gasteiger partial charge < -0.3 is 62.3 Å². The quantitative estimate of drug-likeness (QED) is 0.0285. The van der Waals surface area contributed by atoms with Gasteiger partial charge in [0, 0.05) is 82.5 Å². The van der Waals surface area contributed by atoms with Crippen LogP contribution in [-0.4, -0.2) is 142 Å². The molecular formula is C65H76N2O14. The van der Waals surface area contributed by atoms with Crippen molar-refractivity contribution >= 4 is 46.1 Å². The number of esters is 2. The van der Waals surface area contributed by atoms with Crippen molar-refractivity contribution in [1.82, 2.24) is 0 Å². The maximum atomic E-state index is 13.2. The van der Waals surface area contributed by atoms with E-state index in [0.29, 0.717) is 102 Å². The van der Waals surface area contributed by atoms with Crippen molar-refractivity contribution in [3.63, 3.8) is 0 Å². The summed E-state index contributed by atoms with van der Waals surface area (Å²) in [7, 11) is 1.65. The highest BCUT2D eigenvalue weighted by atomic mass is 16.6. The number of methoxy groups -OCH3 is 1. The van der Waals surface area contributed by atoms with Gasteiger partial charge in [0.1, 0.15) is 24.7 Å². The molecule has 2 unspecified atom stereocenters. The summed E-state index contributed by atoms with van der Waals surface area (Å²) in [4.78, 5) is 41.7. The Morgan fingerprint density at radius 2 is 1.35 bits per heavy atom. The number of rotatable bonds is 28. The highest BCUT2D eigenvalue weighted by Crippen LogP contribution is 2.59. The number of carboxylic acids is 1. The fraction of sp³-hybridized carbons (Fsp3) is 0.431. The summed E-state index contributed by atoms with van der Waals surface area (Å²) in [6.07, 6.45) is 7.73. The number of hydrogen-bond donors (Lipinski definition) is 1. The molecule has 3 aliphatic heterocycles. The number of anilines is 2. The van der Waals surface area contributed by atoms with Crippen molar-refractivity contribution in [3.05, 3.63) is 149 Å². The molecule has 0 bridgehead atoms. The Labute approximate surface area is 475 Å². The van der Waals surface area contributed by atoms with Crippen LogP contribution >= 0.6 is 0 Å². The van der Waals surface area contributed by atoms with Gasteiger partial charge in [-0.05, 0) is 84.2 Å². The third-order valence-electron chi connectivity index (χ3n) is 15.4. The van der Waals surface area contributed by atoms with Gasteiger partial charge >= 0.3 is 17.9 Å². The lowest BCUT2D eigenvalue weighted by Gasteiger charge is -2.40. The summed E-state index contributed by atoms with van der Waals surface area (Å²) < 4.78 is 57.8. The highest BCUT2D eigenvalue weighted by molar-refractivity contribution is 6.10. The van der Waals surface area contributed by atoms with Crippen LogP contribution in [0.25, 0.3) is 28.0 Å². The number of carbonyl (C=O) groups is 3. The van der Waals surface area contributed by atoms with Gasteiger partial charge in [0.25, 0.3) is 0 Å². The van der Waals surface area contributed by atoms with Gasteiger partial charge in [0.2, 0.25) is 0 Å². The van der Waals surface area contributed by atoms with Crippen LogP contribution in [0.15, 0.2) is 121 Å². The number of hydrogen-bond acceptors (Lipinski definition) is 15. The van der Waals surface area contributed by atoms with E-state index in [-0.39, 0.29) is 44.7 Å². The van der Waals surface area contributed by atoms with Crippen molar-refractivity contribution in [1.29, 1.82) is 0 Å². The van der Waals surface area contributed by atoms with E-state index in [0.717, 1.165) is 80.8 Å². The summed E-state index contributed by atoms with van der Waals surface area (Å²) in [5.74, 6) is -0.810. The van der Waals surface area contributed by atoms with Gasteiger partial charge in [-0.15, -0.1) is 0 Å². The molecule has 2 fully saturated rings. The third-order valence-corrected chi connectivity index (χ3v) is 15.4. The molecule has 16 heteroatoms. The molecule has 1 aliphatic carbocycles. The van der Waals surface area contributed by atoms with Gasteiger partial charge in [-0.2, -0.15) is 0 Å². The van der Waals surface area contributed by atoms with Gasteiger partial charge in [-0.25, -0.2) is 9.59 Å². The van der Waals surface area contributed by atoms with Crippen LogP contribution in [0.5, 0.6) is 11.5 Å². The van der Waals surface area contributed by atoms with Gasteiger partial charge in [0.15, 0.2) is 5.60 Å². The number of piperidine rings is 1. The number of carboxylic acid groups (broad SMARTS) is 1. The summed E-state index contributed by atoms with van der Waals surface area (Å²) in [6.45, 7) is 17.1. The number of benzene rings is 5. The maximum Gasteiger partial charge on any atom is 0.333 e. The fourth-order valence-electron chi connectivity index (χ4n) is 11.5. The molecule has 2 atom stereocenters. The summed E-state index contributed by atoms with van der Waals surface area (Å²) >= 11 is 0. The average Bonchev–Trinajstić information content (AvgIpc) is 2.22. The molecule has 1 N–H and O–H groups in total. The predicted molar refractivity (Wildman–Crippen MR) is 310 cm³/mol. The Bertz CT molecular complexity index is 3060. The molecule has 5 aromatic rings. The van der Waals surface area contributed by atoms with Crippen LogP contribution in [0.3, 0.4) is 0 Å². The van der Waals surface area contributed by atoms with Crippen molar-refractivity contribution in [2.75, 3.05) is 129 Å². The molecule has 16 nitrogen and oxygen atoms in total. The Morgan fingerprint density at radius 3 is 1.98 bits per heavy atom. The molecule has 0 amide bonds. The maximum absolute atomic E-state index is 13.2. The minimum absolute atomic E-state index is 0.0828. The molecule has 5 aromatic carbocycles. The van der Waals surface area contributed by atoms with Gasteiger partial charge in [0.05, 0.1) is 92.1 Å². The van der Waals surface area contributed by atoms with E-state index >= 15 is 0 Å². The second kappa shape index (κ2) is 27.6. The van der Waals surface area contributed by atoms with Crippen molar-refractivity contribution < 1.29 is 66.9 Å². The standard InChI is InChI=1S/C65H76N2O14/c1-45(2)63(71)80-41-39-78-37-35-76-33-31-74-30-32-75-34-36-77-38-40-79-59(70)22-17-46-12-11-25-67(55(46)44-58(68)69)56-42-52-53(43-57(56)72-5)62-51(61-60(52)50-15-9-10-16-54(50)64(61,3)4)23-24-65(81-62,47-13-7-6-8-14-47)48-18-20-49(21-19-48)66-26-28-73-29-27-66/h6-10,13-16,18-21,23-24,42-44,46H,1,11-12,17,22,25-41H2,2-5H3,(H,68,69). The van der Waals surface area contributed by atoms with E-state index in [9.17, 15) is 19.5 Å². The topological polar surface area (TPSA) is 170 Å². The monoisotopic (exact) mass is 1110 g/mol. The summed E-state index contributed by atoms with van der Waals surface area (Å²) in [5.41, 5.74) is 9.08. The summed E-state index contributed by atoms with van der Waals surface area (Å²) in [5, 5.41) is 12.3. The number of nitrogens with zero attached hydrogens (tertiary/aromatic N) is 2. The SMILES string of the molecule is C=C(C)C(=O)OCCOCCOCCOCCOCCOCCOC(=O)CCC1CCCN(c2cc3c4c(c5c(c3cc2OC)OC(c2ccccc2)(c2ccc(N3CCOCC3)cc2)C=C5)C(C)(C)c2ccccc2-4)C1=CC(=O)O. The third kappa shape index (κ3) is 13.7. The lowest BCUT2D eigenvalue weighted by Crippen LogP contribution is -2.37. The molecule has 3 heterocycles. The number of carbonyl (C=O) groups excluding carboxylic acids is 2. The minimum atomic E-state index is -1.07. The van der Waals surface area contributed by atoms with Gasteiger partial charge in [-0.1, -0.05) is 93.2 Å². The Morgan fingerprint density at radius 1 is 0.741 bits per heavy atom. The first-order valence-corrected chi connectivity index (χ1v) is 28.2. The van der Waals surface area contributed by atoms with E-state index in [1.165, 1.54) is 11.6 Å². The molecular weight excluding hydrogens is 1030 g/mol. The van der Waals surface area contributed by atoms with Crippen LogP contribution in [0, 0.1) is 5.92 Å². The molecule has 0 radical (unpaired) electrons. The highest BCUT2D eigenvalue weighted by Gasteiger charge is 2.45. The lowest BCUT2D eigenvalue weighted by atomic mass is 9.76. The predicted octanol–water partition coefficient (Wildman–Crippen LogP) is 10.1. The Kier molecular flexibility index (Phi) is 20.0. The normalized spacial score (nSPS) is 18.5. The fourth-order valence-corrected chi connectivity index (χ4v) is 11.5. The van der Waals surface area contributed by atoms with Gasteiger partial charge in [-0.3, -0.25) is 4.79 Å². The molecule has 430 valence electrons. The number of morpholine rings is 1. The molecule has 81 heavy (non-hydrogen) atoms. The van der Waals surface area contributed by atoms with E-state index in [1.807, 2.05) is 18.2 Å². The molecule has 4 aliphatic rings. The van der Waals surface area contributed by atoms with Crippen LogP contribution in [0.2, 0.25) is 0 Å². The Hall–Kier alpha value is -7.05. The van der Waals surface area contributed by atoms with Crippen LogP contribution in [-0.2, 0) is 63.3 Å². The first-order valence-electron chi connectivity index (χ1n) is 28.2. The molecule has 2 saturated heterocycles. The van der Waals surface area contributed by atoms with Crippen molar-refractivity contribution in [2.24, 2.45) is 5.92 Å². The average molecular weight is 1110 g/mol. The van der Waals surface area contributed by atoms with Crippen LogP contribution < -0.4 is 19.3 Å². The number of fused-ring (bicyclic) bond motifs is 8. The molecule has 0 aromatic heterocycles. The zero-order valence-corrected chi connectivity index (χ0v) is 47.2. The lowest BCUT2D eigenvalue weighted by molar-refractivity contribution is -0.145. The number of ether oxygens (including phenoxy) is 10. The second-order valence-corrected chi connectivity index (χ2v) is 21.1. The van der Waals surface area contributed by atoms with E-state index < -0.39 is 23.0 Å². The first-order chi connectivity index (χ1) is 39.4. The zero-order valence-electron chi connectivity index (χ0n) is 47.2. The van der Waals surface area contributed by atoms with E-state index in [2.05, 4.69) is 115 Å². The molecule has 0 spiro atoms. The zero-order chi connectivity index (χ0) is 56.8. The van der Waals surface area contributed by atoms with Crippen molar-refractivity contribution in [2.45, 2.75) is 57.5 Å². The smallest absolute Gasteiger partial charge is 0.333 e. The van der Waals surface area contributed by atoms with E-state index in [4.69, 9.17) is 47.4 Å². The Balaban J connectivity index is 0.851. The molecule has 0 saturated carbocycles. The molecule has 9 rings (SSSR count). The van der Waals surface area contributed by atoms with Crippen LogP contribution in [0.1, 0.15) is 74.3 Å². The first kappa shape index (κ1) is 58.6. The number of aliphatic carboxylic acids is 1. The van der Waals surface area contributed by atoms with Crippen molar-refractivity contribution in [3.8, 4) is 22.6 Å². The summed E-state index contributed by atoms with van der Waals surface area (Å²) in [6, 6.07) is 31.9.